The molecule has 0 radical (unpaired) electrons. The molecule has 3 aliphatic rings. The number of ether oxygens (including phenoxy) is 2. The molecule has 0 spiro atoms. The van der Waals surface area contributed by atoms with Crippen LogP contribution in [0.4, 0.5) is 0 Å². The van der Waals surface area contributed by atoms with Gasteiger partial charge < -0.3 is 9.47 Å². The highest BCUT2D eigenvalue weighted by Gasteiger charge is 2.48. The van der Waals surface area contributed by atoms with Crippen molar-refractivity contribution in [1.29, 1.82) is 0 Å². The molecule has 3 rings (SSSR count). The van der Waals surface area contributed by atoms with E-state index in [0.717, 1.165) is 19.9 Å². The van der Waals surface area contributed by atoms with Crippen molar-refractivity contribution < 1.29 is 9.47 Å². The standard InChI is InChI=1S/C17H32N2O2/c1-20-14-17-8-6-12-19(17)16(7-9-17)13-21-15-18-10-4-2-3-5-11-18/h16H,2-15H2,1H3/t16-,17-/m0/s1. The Balaban J connectivity index is 1.43. The molecule has 3 heterocycles. The van der Waals surface area contributed by atoms with Gasteiger partial charge in [-0.3, -0.25) is 9.80 Å². The van der Waals surface area contributed by atoms with E-state index in [4.69, 9.17) is 9.47 Å². The van der Waals surface area contributed by atoms with E-state index in [-0.39, 0.29) is 0 Å². The van der Waals surface area contributed by atoms with E-state index >= 15 is 0 Å². The SMILES string of the molecule is COC[C@@]12CCCN1[C@H](COCN1CCCCCC1)CC2. The average Bonchev–Trinajstić information content (AvgIpc) is 2.90. The predicted octanol–water partition coefficient (Wildman–Crippen LogP) is 2.48. The van der Waals surface area contributed by atoms with Crippen molar-refractivity contribution in [3.05, 3.63) is 0 Å². The van der Waals surface area contributed by atoms with Crippen LogP contribution in [0.3, 0.4) is 0 Å². The van der Waals surface area contributed by atoms with E-state index in [0.29, 0.717) is 11.6 Å². The fourth-order valence-electron chi connectivity index (χ4n) is 4.64. The zero-order chi connectivity index (χ0) is 14.5. The summed E-state index contributed by atoms with van der Waals surface area (Å²) in [5, 5.41) is 0. The second kappa shape index (κ2) is 7.40. The quantitative estimate of drug-likeness (QED) is 0.752. The van der Waals surface area contributed by atoms with Crippen molar-refractivity contribution in [1.82, 2.24) is 9.80 Å². The summed E-state index contributed by atoms with van der Waals surface area (Å²) < 4.78 is 11.6. The lowest BCUT2D eigenvalue weighted by Gasteiger charge is -2.34. The first-order chi connectivity index (χ1) is 10.3. The summed E-state index contributed by atoms with van der Waals surface area (Å²) in [6.45, 7) is 6.32. The summed E-state index contributed by atoms with van der Waals surface area (Å²) in [6, 6.07) is 0.620. The molecule has 3 aliphatic heterocycles. The third kappa shape index (κ3) is 3.61. The normalized spacial score (nSPS) is 35.0. The fraction of sp³-hybridized carbons (Fsp3) is 1.00. The molecule has 0 bridgehead atoms. The highest BCUT2D eigenvalue weighted by atomic mass is 16.5. The van der Waals surface area contributed by atoms with Gasteiger partial charge >= 0.3 is 0 Å². The van der Waals surface area contributed by atoms with Crippen LogP contribution in [-0.2, 0) is 9.47 Å². The zero-order valence-corrected chi connectivity index (χ0v) is 13.7. The second-order valence-corrected chi connectivity index (χ2v) is 7.18. The molecule has 0 amide bonds. The van der Waals surface area contributed by atoms with Crippen LogP contribution >= 0.6 is 0 Å². The maximum Gasteiger partial charge on any atom is 0.0991 e. The fourth-order valence-corrected chi connectivity index (χ4v) is 4.64. The average molecular weight is 296 g/mol. The Bertz CT molecular complexity index is 318. The van der Waals surface area contributed by atoms with Gasteiger partial charge in [0.1, 0.15) is 0 Å². The van der Waals surface area contributed by atoms with Crippen LogP contribution in [0.5, 0.6) is 0 Å². The van der Waals surface area contributed by atoms with Crippen LogP contribution in [0.25, 0.3) is 0 Å². The molecule has 21 heavy (non-hydrogen) atoms. The Morgan fingerprint density at radius 1 is 1.00 bits per heavy atom. The number of methoxy groups -OCH3 is 1. The highest BCUT2D eigenvalue weighted by molar-refractivity contribution is 5.04. The summed E-state index contributed by atoms with van der Waals surface area (Å²) in [5.74, 6) is 0. The molecule has 0 aliphatic carbocycles. The van der Waals surface area contributed by atoms with Crippen molar-refractivity contribution in [2.45, 2.75) is 62.9 Å². The maximum atomic E-state index is 6.09. The lowest BCUT2D eigenvalue weighted by atomic mass is 9.95. The molecule has 0 saturated carbocycles. The monoisotopic (exact) mass is 296 g/mol. The minimum absolute atomic E-state index is 0.339. The van der Waals surface area contributed by atoms with Gasteiger partial charge in [0, 0.05) is 31.8 Å². The number of rotatable bonds is 6. The van der Waals surface area contributed by atoms with Crippen molar-refractivity contribution in [2.75, 3.05) is 46.7 Å². The van der Waals surface area contributed by atoms with E-state index in [1.165, 1.54) is 71.0 Å². The van der Waals surface area contributed by atoms with Crippen LogP contribution in [0.1, 0.15) is 51.4 Å². The summed E-state index contributed by atoms with van der Waals surface area (Å²) in [7, 11) is 1.84. The van der Waals surface area contributed by atoms with Crippen molar-refractivity contribution >= 4 is 0 Å². The van der Waals surface area contributed by atoms with Gasteiger partial charge in [-0.15, -0.1) is 0 Å². The van der Waals surface area contributed by atoms with Gasteiger partial charge in [-0.1, -0.05) is 12.8 Å². The van der Waals surface area contributed by atoms with Gasteiger partial charge in [0.2, 0.25) is 0 Å². The van der Waals surface area contributed by atoms with Gasteiger partial charge in [-0.2, -0.15) is 0 Å². The largest absolute Gasteiger partial charge is 0.383 e. The number of nitrogens with zero attached hydrogens (tertiary/aromatic N) is 2. The van der Waals surface area contributed by atoms with E-state index in [1.807, 2.05) is 7.11 Å². The molecule has 4 heteroatoms. The third-order valence-corrected chi connectivity index (χ3v) is 5.73. The van der Waals surface area contributed by atoms with Crippen LogP contribution in [0, 0.1) is 0 Å². The minimum Gasteiger partial charge on any atom is -0.383 e. The topological polar surface area (TPSA) is 24.9 Å². The number of hydrogen-bond donors (Lipinski definition) is 0. The molecule has 0 aromatic rings. The van der Waals surface area contributed by atoms with Crippen LogP contribution < -0.4 is 0 Å². The second-order valence-electron chi connectivity index (χ2n) is 7.18. The Morgan fingerprint density at radius 2 is 1.81 bits per heavy atom. The van der Waals surface area contributed by atoms with Gasteiger partial charge in [0.25, 0.3) is 0 Å². The van der Waals surface area contributed by atoms with Gasteiger partial charge in [0.05, 0.1) is 19.9 Å². The molecule has 3 saturated heterocycles. The smallest absolute Gasteiger partial charge is 0.0991 e. The Labute approximate surface area is 129 Å². The number of fused-ring (bicyclic) bond motifs is 1. The van der Waals surface area contributed by atoms with E-state index < -0.39 is 0 Å². The van der Waals surface area contributed by atoms with Crippen LogP contribution in [-0.4, -0.2) is 68.1 Å². The van der Waals surface area contributed by atoms with Gasteiger partial charge in [-0.25, -0.2) is 0 Å². The van der Waals surface area contributed by atoms with Gasteiger partial charge in [-0.05, 0) is 45.1 Å². The lowest BCUT2D eigenvalue weighted by Crippen LogP contribution is -2.47. The van der Waals surface area contributed by atoms with Crippen LogP contribution in [0.15, 0.2) is 0 Å². The first kappa shape index (κ1) is 15.7. The molecule has 0 unspecified atom stereocenters. The van der Waals surface area contributed by atoms with E-state index in [2.05, 4.69) is 9.80 Å². The minimum atomic E-state index is 0.339. The van der Waals surface area contributed by atoms with Crippen molar-refractivity contribution in [3.63, 3.8) is 0 Å². The van der Waals surface area contributed by atoms with Crippen molar-refractivity contribution in [3.8, 4) is 0 Å². The summed E-state index contributed by atoms with van der Waals surface area (Å²) in [4.78, 5) is 5.19. The Hall–Kier alpha value is -0.160. The lowest BCUT2D eigenvalue weighted by molar-refractivity contribution is -0.0135. The zero-order valence-electron chi connectivity index (χ0n) is 13.7. The molecule has 0 aromatic carbocycles. The molecule has 4 nitrogen and oxygen atoms in total. The van der Waals surface area contributed by atoms with Crippen LogP contribution in [0.2, 0.25) is 0 Å². The van der Waals surface area contributed by atoms with Crippen molar-refractivity contribution in [2.24, 2.45) is 0 Å². The van der Waals surface area contributed by atoms with Gasteiger partial charge in [0.15, 0.2) is 0 Å². The molecular formula is C17H32N2O2. The summed E-state index contributed by atoms with van der Waals surface area (Å²) >= 11 is 0. The highest BCUT2D eigenvalue weighted by Crippen LogP contribution is 2.42. The molecule has 122 valence electrons. The third-order valence-electron chi connectivity index (χ3n) is 5.73. The molecule has 0 N–H and O–H groups in total. The first-order valence-corrected chi connectivity index (χ1v) is 8.90. The number of hydrogen-bond acceptors (Lipinski definition) is 4. The van der Waals surface area contributed by atoms with E-state index in [9.17, 15) is 0 Å². The molecule has 0 aromatic heterocycles. The maximum absolute atomic E-state index is 6.09. The Morgan fingerprint density at radius 3 is 2.57 bits per heavy atom. The summed E-state index contributed by atoms with van der Waals surface area (Å²) in [5.41, 5.74) is 0.339. The Kier molecular flexibility index (Phi) is 5.54. The molecule has 2 atom stereocenters. The summed E-state index contributed by atoms with van der Waals surface area (Å²) in [6.07, 6.45) is 10.7. The predicted molar refractivity (Wildman–Crippen MR) is 84.4 cm³/mol. The molecular weight excluding hydrogens is 264 g/mol. The first-order valence-electron chi connectivity index (χ1n) is 8.90. The van der Waals surface area contributed by atoms with E-state index in [1.54, 1.807) is 0 Å². The molecule has 3 fully saturated rings. The number of likely N-dealkylation sites (tertiary alicyclic amines) is 1.